The molecule has 302 valence electrons. The van der Waals surface area contributed by atoms with Gasteiger partial charge in [0.05, 0.1) is 23.5 Å². The summed E-state index contributed by atoms with van der Waals surface area (Å²) in [7, 11) is 0. The van der Waals surface area contributed by atoms with E-state index >= 15 is 0 Å². The SMILES string of the molecule is CC(C)C[C@H](NC(=O)OCc1ccccn1)C(=O)N[C@@H](Cc1ccccc1)[C@@H]1O[C@@H]1[C@H](Cc1ccccc1)NC(=O)[C@H](CC(C)C)NC(=O)OCc1ccccn1. The third-order valence-electron chi connectivity index (χ3n) is 9.39. The zero-order valence-corrected chi connectivity index (χ0v) is 33.0. The van der Waals surface area contributed by atoms with E-state index < -0.39 is 48.6 Å². The number of rotatable bonds is 20. The van der Waals surface area contributed by atoms with Gasteiger partial charge in [0.25, 0.3) is 0 Å². The predicted molar refractivity (Wildman–Crippen MR) is 214 cm³/mol. The van der Waals surface area contributed by atoms with Gasteiger partial charge in [0, 0.05) is 12.4 Å². The molecule has 4 amide bonds. The van der Waals surface area contributed by atoms with E-state index in [9.17, 15) is 19.2 Å². The van der Waals surface area contributed by atoms with Gasteiger partial charge in [-0.2, -0.15) is 0 Å². The quantitative estimate of drug-likeness (QED) is 0.0824. The van der Waals surface area contributed by atoms with Crippen LogP contribution in [0.5, 0.6) is 0 Å². The van der Waals surface area contributed by atoms with E-state index in [0.717, 1.165) is 11.1 Å². The van der Waals surface area contributed by atoms with Gasteiger partial charge in [-0.3, -0.25) is 19.6 Å². The molecule has 1 aliphatic heterocycles. The molecule has 1 fully saturated rings. The number of carbonyl (C=O) groups excluding carboxylic acids is 4. The van der Waals surface area contributed by atoms with Crippen molar-refractivity contribution in [3.8, 4) is 0 Å². The molecule has 0 unspecified atom stereocenters. The highest BCUT2D eigenvalue weighted by Gasteiger charge is 2.51. The number of hydrogen-bond donors (Lipinski definition) is 4. The molecule has 0 bridgehead atoms. The van der Waals surface area contributed by atoms with Crippen LogP contribution < -0.4 is 21.3 Å². The van der Waals surface area contributed by atoms with Crippen molar-refractivity contribution in [2.45, 2.75) is 103 Å². The van der Waals surface area contributed by atoms with Crippen molar-refractivity contribution in [3.05, 3.63) is 132 Å². The summed E-state index contributed by atoms with van der Waals surface area (Å²) in [5, 5.41) is 11.9. The predicted octanol–water partition coefficient (Wildman–Crippen LogP) is 5.68. The topological polar surface area (TPSA) is 173 Å². The molecule has 6 atom stereocenters. The number of alkyl carbamates (subject to hydrolysis) is 2. The Balaban J connectivity index is 1.31. The van der Waals surface area contributed by atoms with E-state index in [1.807, 2.05) is 88.4 Å². The maximum Gasteiger partial charge on any atom is 0.408 e. The molecule has 0 radical (unpaired) electrons. The lowest BCUT2D eigenvalue weighted by Gasteiger charge is -2.26. The van der Waals surface area contributed by atoms with Crippen molar-refractivity contribution in [3.63, 3.8) is 0 Å². The number of hydrogen-bond acceptors (Lipinski definition) is 9. The third kappa shape index (κ3) is 14.3. The molecular formula is C44H54N6O7. The van der Waals surface area contributed by atoms with E-state index in [1.54, 1.807) is 48.8 Å². The summed E-state index contributed by atoms with van der Waals surface area (Å²) in [5.41, 5.74) is 3.13. The molecule has 0 spiro atoms. The van der Waals surface area contributed by atoms with E-state index in [2.05, 4.69) is 31.2 Å². The number of nitrogens with zero attached hydrogens (tertiary/aromatic N) is 2. The van der Waals surface area contributed by atoms with Crippen LogP contribution >= 0.6 is 0 Å². The van der Waals surface area contributed by atoms with E-state index in [4.69, 9.17) is 14.2 Å². The number of aromatic nitrogens is 2. The fourth-order valence-corrected chi connectivity index (χ4v) is 6.60. The van der Waals surface area contributed by atoms with Crippen molar-refractivity contribution >= 4 is 24.0 Å². The second-order valence-corrected chi connectivity index (χ2v) is 15.1. The molecule has 4 N–H and O–H groups in total. The molecule has 13 nitrogen and oxygen atoms in total. The number of carbonyl (C=O) groups is 4. The van der Waals surface area contributed by atoms with Gasteiger partial charge in [-0.05, 0) is 72.9 Å². The Morgan fingerprint density at radius 2 is 0.947 bits per heavy atom. The number of benzene rings is 2. The summed E-state index contributed by atoms with van der Waals surface area (Å²) in [5.74, 6) is -0.579. The fourth-order valence-electron chi connectivity index (χ4n) is 6.60. The zero-order valence-electron chi connectivity index (χ0n) is 33.0. The van der Waals surface area contributed by atoms with Crippen molar-refractivity contribution in [1.82, 2.24) is 31.2 Å². The molecule has 0 saturated carbocycles. The highest BCUT2D eigenvalue weighted by Crippen LogP contribution is 2.32. The average Bonchev–Trinajstić information content (AvgIpc) is 4.01. The Morgan fingerprint density at radius 1 is 0.561 bits per heavy atom. The summed E-state index contributed by atoms with van der Waals surface area (Å²) in [6.45, 7) is 7.82. The summed E-state index contributed by atoms with van der Waals surface area (Å²) in [4.78, 5) is 62.2. The van der Waals surface area contributed by atoms with Crippen LogP contribution in [-0.4, -0.2) is 70.3 Å². The second kappa shape index (κ2) is 21.5. The monoisotopic (exact) mass is 778 g/mol. The van der Waals surface area contributed by atoms with E-state index in [-0.39, 0.29) is 36.9 Å². The van der Waals surface area contributed by atoms with Gasteiger partial charge in [0.1, 0.15) is 37.5 Å². The van der Waals surface area contributed by atoms with Gasteiger partial charge in [0.2, 0.25) is 11.8 Å². The van der Waals surface area contributed by atoms with Crippen molar-refractivity contribution in [2.75, 3.05) is 0 Å². The van der Waals surface area contributed by atoms with Crippen LogP contribution in [0.1, 0.15) is 63.1 Å². The molecule has 2 aromatic heterocycles. The van der Waals surface area contributed by atoms with Crippen LogP contribution in [0.2, 0.25) is 0 Å². The van der Waals surface area contributed by atoms with Crippen molar-refractivity contribution in [1.29, 1.82) is 0 Å². The Kier molecular flexibility index (Phi) is 15.9. The van der Waals surface area contributed by atoms with E-state index in [1.165, 1.54) is 0 Å². The minimum absolute atomic E-state index is 0.0364. The number of amides is 4. The fraction of sp³-hybridized carbons (Fsp3) is 0.409. The van der Waals surface area contributed by atoms with Gasteiger partial charge >= 0.3 is 12.2 Å². The number of nitrogens with one attached hydrogen (secondary N) is 4. The average molecular weight is 779 g/mol. The van der Waals surface area contributed by atoms with Crippen LogP contribution in [0.3, 0.4) is 0 Å². The van der Waals surface area contributed by atoms with E-state index in [0.29, 0.717) is 37.1 Å². The zero-order chi connectivity index (χ0) is 40.6. The molecule has 0 aliphatic carbocycles. The Labute approximate surface area is 334 Å². The number of epoxide rings is 1. The molecule has 4 aromatic rings. The van der Waals surface area contributed by atoms with Crippen LogP contribution in [0, 0.1) is 11.8 Å². The molecule has 5 rings (SSSR count). The van der Waals surface area contributed by atoms with Gasteiger partial charge in [0.15, 0.2) is 0 Å². The van der Waals surface area contributed by atoms with Gasteiger partial charge in [-0.1, -0.05) is 100 Å². The number of pyridine rings is 2. The molecule has 1 saturated heterocycles. The molecule has 57 heavy (non-hydrogen) atoms. The third-order valence-corrected chi connectivity index (χ3v) is 9.39. The minimum atomic E-state index is -0.878. The first-order valence-electron chi connectivity index (χ1n) is 19.5. The van der Waals surface area contributed by atoms with Crippen molar-refractivity contribution in [2.24, 2.45) is 11.8 Å². The van der Waals surface area contributed by atoms with Gasteiger partial charge in [-0.15, -0.1) is 0 Å². The van der Waals surface area contributed by atoms with Crippen LogP contribution in [0.4, 0.5) is 9.59 Å². The molecule has 13 heteroatoms. The largest absolute Gasteiger partial charge is 0.443 e. The summed E-state index contributed by atoms with van der Waals surface area (Å²) >= 11 is 0. The summed E-state index contributed by atoms with van der Waals surface area (Å²) in [6.07, 6.45) is 2.47. The molecular weight excluding hydrogens is 725 g/mol. The molecule has 2 aromatic carbocycles. The summed E-state index contributed by atoms with van der Waals surface area (Å²) in [6, 6.07) is 27.4. The molecule has 3 heterocycles. The standard InChI is InChI=1S/C44H54N6O7/c1-29(2)23-37(49-43(53)55-27-33-19-11-13-21-45-33)41(51)47-35(25-31-15-7-5-8-16-31)39-40(57-39)36(26-32-17-9-6-10-18-32)48-42(52)38(24-30(3)4)50-44(54)56-28-34-20-12-14-22-46-34/h5-22,29-30,35-40H,23-28H2,1-4H3,(H,47,51)(H,48,52)(H,49,53)(H,50,54)/t35-,36-,37-,38-,39-,40+/m0/s1. The Hall–Kier alpha value is -5.82. The Morgan fingerprint density at radius 3 is 1.30 bits per heavy atom. The normalized spacial score (nSPS) is 16.7. The van der Waals surface area contributed by atoms with Gasteiger partial charge < -0.3 is 35.5 Å². The first kappa shape index (κ1) is 42.3. The Bertz CT molecular complexity index is 1720. The smallest absolute Gasteiger partial charge is 0.408 e. The minimum Gasteiger partial charge on any atom is -0.443 e. The maximum atomic E-state index is 14.0. The maximum absolute atomic E-state index is 14.0. The molecule has 1 aliphatic rings. The number of ether oxygens (including phenoxy) is 3. The first-order chi connectivity index (χ1) is 27.5. The van der Waals surface area contributed by atoms with Crippen molar-refractivity contribution < 1.29 is 33.4 Å². The first-order valence-corrected chi connectivity index (χ1v) is 19.5. The lowest BCUT2D eigenvalue weighted by molar-refractivity contribution is -0.125. The summed E-state index contributed by atoms with van der Waals surface area (Å²) < 4.78 is 17.2. The lowest BCUT2D eigenvalue weighted by atomic mass is 9.94. The van der Waals surface area contributed by atoms with Crippen LogP contribution in [-0.2, 0) is 49.9 Å². The van der Waals surface area contributed by atoms with Crippen LogP contribution in [0.25, 0.3) is 0 Å². The van der Waals surface area contributed by atoms with Crippen LogP contribution in [0.15, 0.2) is 109 Å². The highest BCUT2D eigenvalue weighted by atomic mass is 16.6. The second-order valence-electron chi connectivity index (χ2n) is 15.1. The van der Waals surface area contributed by atoms with Gasteiger partial charge in [-0.25, -0.2) is 9.59 Å². The lowest BCUT2D eigenvalue weighted by Crippen LogP contribution is -2.54. The highest BCUT2D eigenvalue weighted by molar-refractivity contribution is 5.86.